The molecule has 0 aromatic heterocycles. The molecule has 1 heterocycles. The van der Waals surface area contributed by atoms with E-state index in [4.69, 9.17) is 32.5 Å². The van der Waals surface area contributed by atoms with Gasteiger partial charge in [0.1, 0.15) is 0 Å². The van der Waals surface area contributed by atoms with Crippen LogP contribution >= 0.6 is 11.6 Å². The number of halogens is 1. The number of carbonyl (C=O) groups is 2. The average molecular weight is 517 g/mol. The number of hydrogen-bond acceptors (Lipinski definition) is 6. The Kier molecular flexibility index (Phi) is 9.77. The van der Waals surface area contributed by atoms with Crippen LogP contribution < -0.4 is 31.7 Å². The molecule has 0 aliphatic carbocycles. The highest BCUT2D eigenvalue weighted by molar-refractivity contribution is 6.31. The number of likely N-dealkylation sites (tertiary alicyclic amines) is 1. The minimum absolute atomic E-state index is 0.00432. The second kappa shape index (κ2) is 13.0. The van der Waals surface area contributed by atoms with Crippen molar-refractivity contribution >= 4 is 29.4 Å². The van der Waals surface area contributed by atoms with Crippen molar-refractivity contribution in [2.45, 2.75) is 32.2 Å². The molecule has 0 bridgehead atoms. The summed E-state index contributed by atoms with van der Waals surface area (Å²) in [5, 5.41) is 7.28. The lowest BCUT2D eigenvalue weighted by molar-refractivity contribution is -0.122. The molecule has 11 heteroatoms. The highest BCUT2D eigenvalue weighted by Gasteiger charge is 2.23. The Bertz CT molecular complexity index is 1100. The quantitative estimate of drug-likeness (QED) is 0.214. The number of piperidine rings is 1. The number of carbonyl (C=O) groups excluding carboxylic acids is 2. The van der Waals surface area contributed by atoms with Gasteiger partial charge in [0.05, 0.1) is 20.3 Å². The highest BCUT2D eigenvalue weighted by atomic mass is 35.5. The Hall–Kier alpha value is -3.50. The Morgan fingerprint density at radius 1 is 1.14 bits per heavy atom. The molecule has 0 unspecified atom stereocenters. The summed E-state index contributed by atoms with van der Waals surface area (Å²) in [5.74, 6) is 0.366. The van der Waals surface area contributed by atoms with E-state index >= 15 is 0 Å². The zero-order valence-electron chi connectivity index (χ0n) is 20.6. The van der Waals surface area contributed by atoms with Gasteiger partial charge < -0.3 is 26.3 Å². The molecule has 0 spiro atoms. The summed E-state index contributed by atoms with van der Waals surface area (Å²) < 4.78 is 11.4. The van der Waals surface area contributed by atoms with E-state index in [2.05, 4.69) is 15.8 Å². The number of nitrogens with two attached hydrogens (primary N) is 2. The monoisotopic (exact) mass is 516 g/mol. The normalized spacial score (nSPS) is 14.1. The lowest BCUT2D eigenvalue weighted by atomic mass is 10.0. The molecule has 10 nitrogen and oxygen atoms in total. The summed E-state index contributed by atoms with van der Waals surface area (Å²) in [6, 6.07) is 11.1. The van der Waals surface area contributed by atoms with Gasteiger partial charge in [-0.2, -0.15) is 0 Å². The van der Waals surface area contributed by atoms with Crippen LogP contribution in [0.4, 0.5) is 0 Å². The van der Waals surface area contributed by atoms with Crippen LogP contribution in [0.2, 0.25) is 5.02 Å². The van der Waals surface area contributed by atoms with Gasteiger partial charge in [0.15, 0.2) is 11.5 Å². The predicted octanol–water partition coefficient (Wildman–Crippen LogP) is 1.78. The molecule has 194 valence electrons. The molecule has 1 saturated heterocycles. The smallest absolute Gasteiger partial charge is 0.254 e. The number of ether oxygens (including phenoxy) is 2. The van der Waals surface area contributed by atoms with Crippen LogP contribution in [-0.2, 0) is 11.2 Å². The molecule has 0 saturated carbocycles. The molecule has 0 atom stereocenters. The molecule has 2 aromatic rings. The van der Waals surface area contributed by atoms with E-state index in [-0.39, 0.29) is 30.4 Å². The average Bonchev–Trinajstić information content (AvgIpc) is 2.85. The van der Waals surface area contributed by atoms with Gasteiger partial charge in [0.2, 0.25) is 5.96 Å². The van der Waals surface area contributed by atoms with Gasteiger partial charge in [-0.25, -0.2) is 5.43 Å². The third-order valence-electron chi connectivity index (χ3n) is 5.86. The summed E-state index contributed by atoms with van der Waals surface area (Å²) >= 11 is 6.32. The third-order valence-corrected chi connectivity index (χ3v) is 6.21. The number of guanidine groups is 1. The van der Waals surface area contributed by atoms with Crippen molar-refractivity contribution < 1.29 is 19.1 Å². The fourth-order valence-corrected chi connectivity index (χ4v) is 4.26. The number of rotatable bonds is 10. The van der Waals surface area contributed by atoms with Crippen LogP contribution in [-0.4, -0.2) is 62.1 Å². The maximum atomic E-state index is 12.9. The van der Waals surface area contributed by atoms with Crippen molar-refractivity contribution in [3.05, 3.63) is 58.1 Å². The topological polar surface area (TPSA) is 144 Å². The first-order valence-corrected chi connectivity index (χ1v) is 12.1. The first kappa shape index (κ1) is 27.1. The maximum Gasteiger partial charge on any atom is 0.254 e. The number of aryl methyl sites for hydroxylation is 1. The van der Waals surface area contributed by atoms with Gasteiger partial charge in [-0.1, -0.05) is 23.7 Å². The Balaban J connectivity index is 1.51. The highest BCUT2D eigenvalue weighted by Crippen LogP contribution is 2.29. The van der Waals surface area contributed by atoms with Crippen molar-refractivity contribution in [3.8, 4) is 11.5 Å². The van der Waals surface area contributed by atoms with Crippen molar-refractivity contribution in [3.63, 3.8) is 0 Å². The van der Waals surface area contributed by atoms with Gasteiger partial charge in [0.25, 0.3) is 11.8 Å². The molecule has 1 fully saturated rings. The van der Waals surface area contributed by atoms with Crippen molar-refractivity contribution in [2.24, 2.45) is 16.6 Å². The Morgan fingerprint density at radius 3 is 2.56 bits per heavy atom. The van der Waals surface area contributed by atoms with E-state index in [1.165, 1.54) is 0 Å². The minimum atomic E-state index is -0.290. The van der Waals surface area contributed by atoms with E-state index in [9.17, 15) is 9.59 Å². The van der Waals surface area contributed by atoms with E-state index in [0.717, 1.165) is 24.0 Å². The SMILES string of the molecule is COc1ccc(C(=O)NC2CCN(CC(=O)NN=C(N)N)CC2)cc1OCCc1ccc(C)cc1Cl. The number of hydrogen-bond donors (Lipinski definition) is 4. The first-order valence-electron chi connectivity index (χ1n) is 11.7. The number of benzene rings is 2. The summed E-state index contributed by atoms with van der Waals surface area (Å²) in [4.78, 5) is 26.8. The number of methoxy groups -OCH3 is 1. The summed E-state index contributed by atoms with van der Waals surface area (Å²) in [6.45, 7) is 3.90. The number of amides is 2. The third kappa shape index (κ3) is 8.03. The lowest BCUT2D eigenvalue weighted by Crippen LogP contribution is -2.47. The predicted molar refractivity (Wildman–Crippen MR) is 139 cm³/mol. The summed E-state index contributed by atoms with van der Waals surface area (Å²) in [7, 11) is 1.56. The fraction of sp³-hybridized carbons (Fsp3) is 0.400. The first-order chi connectivity index (χ1) is 17.2. The van der Waals surface area contributed by atoms with Crippen LogP contribution in [0, 0.1) is 6.92 Å². The van der Waals surface area contributed by atoms with Gasteiger partial charge >= 0.3 is 0 Å². The van der Waals surface area contributed by atoms with E-state index < -0.39 is 0 Å². The second-order valence-electron chi connectivity index (χ2n) is 8.65. The van der Waals surface area contributed by atoms with Gasteiger partial charge in [-0.15, -0.1) is 5.10 Å². The van der Waals surface area contributed by atoms with Crippen molar-refractivity contribution in [2.75, 3.05) is 33.4 Å². The molecule has 1 aliphatic rings. The zero-order valence-corrected chi connectivity index (χ0v) is 21.3. The van der Waals surface area contributed by atoms with Crippen molar-refractivity contribution in [1.82, 2.24) is 15.6 Å². The molecular weight excluding hydrogens is 484 g/mol. The maximum absolute atomic E-state index is 12.9. The van der Waals surface area contributed by atoms with Crippen LogP contribution in [0.1, 0.15) is 34.3 Å². The molecule has 36 heavy (non-hydrogen) atoms. The van der Waals surface area contributed by atoms with E-state index in [1.807, 2.05) is 30.0 Å². The van der Waals surface area contributed by atoms with Crippen LogP contribution in [0.25, 0.3) is 0 Å². The van der Waals surface area contributed by atoms with Crippen molar-refractivity contribution in [1.29, 1.82) is 0 Å². The van der Waals surface area contributed by atoms with E-state index in [0.29, 0.717) is 48.2 Å². The molecular formula is C25H33ClN6O4. The van der Waals surface area contributed by atoms with E-state index in [1.54, 1.807) is 25.3 Å². The second-order valence-corrected chi connectivity index (χ2v) is 9.06. The summed E-state index contributed by atoms with van der Waals surface area (Å²) in [6.07, 6.45) is 2.07. The van der Waals surface area contributed by atoms with Gasteiger partial charge in [0, 0.05) is 36.1 Å². The molecule has 2 amide bonds. The Labute approximate surface area is 215 Å². The number of nitrogens with zero attached hydrogens (tertiary/aromatic N) is 2. The zero-order chi connectivity index (χ0) is 26.1. The number of hydrazone groups is 1. The molecule has 2 aromatic carbocycles. The van der Waals surface area contributed by atoms with Crippen LogP contribution in [0.15, 0.2) is 41.5 Å². The standard InChI is InChI=1S/C25H33ClN6O4/c1-16-3-4-17(20(26)13-16)9-12-36-22-14-18(5-6-21(22)35-2)24(34)29-19-7-10-32(11-8-19)15-23(33)30-31-25(27)28/h3-6,13-14,19H,7-12,15H2,1-2H3,(H,29,34)(H,30,33)(H4,27,28,31). The van der Waals surface area contributed by atoms with Gasteiger partial charge in [-0.05, 0) is 55.2 Å². The molecule has 3 rings (SSSR count). The van der Waals surface area contributed by atoms with Gasteiger partial charge in [-0.3, -0.25) is 14.5 Å². The Morgan fingerprint density at radius 2 is 1.89 bits per heavy atom. The molecule has 1 aliphatic heterocycles. The molecule has 6 N–H and O–H groups in total. The number of nitrogens with one attached hydrogen (secondary N) is 2. The lowest BCUT2D eigenvalue weighted by Gasteiger charge is -2.31. The largest absolute Gasteiger partial charge is 0.493 e. The van der Waals surface area contributed by atoms with Crippen LogP contribution in [0.5, 0.6) is 11.5 Å². The fourth-order valence-electron chi connectivity index (χ4n) is 3.93. The minimum Gasteiger partial charge on any atom is -0.493 e. The summed E-state index contributed by atoms with van der Waals surface area (Å²) in [5.41, 5.74) is 15.3. The van der Waals surface area contributed by atoms with Crippen LogP contribution in [0.3, 0.4) is 0 Å². The molecule has 0 radical (unpaired) electrons.